The second-order valence-electron chi connectivity index (χ2n) is 3.72. The van der Waals surface area contributed by atoms with Gasteiger partial charge in [0, 0.05) is 12.6 Å². The summed E-state index contributed by atoms with van der Waals surface area (Å²) in [5.41, 5.74) is 1.73. The third kappa shape index (κ3) is 3.70. The number of nitrogens with zero attached hydrogens (tertiary/aromatic N) is 1. The predicted octanol–water partition coefficient (Wildman–Crippen LogP) is 1.59. The van der Waals surface area contributed by atoms with Crippen molar-refractivity contribution >= 4 is 0 Å². The first kappa shape index (κ1) is 11.7. The van der Waals surface area contributed by atoms with Crippen molar-refractivity contribution in [3.8, 4) is 6.07 Å². The molecule has 1 aromatic carbocycles. The second kappa shape index (κ2) is 5.50. The van der Waals surface area contributed by atoms with Gasteiger partial charge in [0.25, 0.3) is 0 Å². The fraction of sp³-hybridized carbons (Fsp3) is 0.417. The summed E-state index contributed by atoms with van der Waals surface area (Å²) in [6.45, 7) is 4.31. The van der Waals surface area contributed by atoms with E-state index in [1.807, 2.05) is 25.1 Å². The molecule has 2 N–H and O–H groups in total. The first-order valence-corrected chi connectivity index (χ1v) is 5.05. The minimum Gasteiger partial charge on any atom is -0.392 e. The van der Waals surface area contributed by atoms with E-state index in [0.29, 0.717) is 12.1 Å². The fourth-order valence-corrected chi connectivity index (χ4v) is 1.34. The van der Waals surface area contributed by atoms with Gasteiger partial charge in [-0.25, -0.2) is 0 Å². The Kier molecular flexibility index (Phi) is 4.29. The average Bonchev–Trinajstić information content (AvgIpc) is 2.26. The lowest BCUT2D eigenvalue weighted by atomic mass is 10.1. The molecule has 0 aliphatic rings. The van der Waals surface area contributed by atoms with Crippen molar-refractivity contribution in [1.29, 1.82) is 5.26 Å². The zero-order valence-electron chi connectivity index (χ0n) is 9.07. The third-order valence-corrected chi connectivity index (χ3v) is 2.24. The molecule has 0 heterocycles. The van der Waals surface area contributed by atoms with E-state index in [0.717, 1.165) is 5.56 Å². The maximum atomic E-state index is 9.13. The van der Waals surface area contributed by atoms with Gasteiger partial charge in [0.15, 0.2) is 0 Å². The number of rotatable bonds is 4. The van der Waals surface area contributed by atoms with Crippen molar-refractivity contribution in [3.63, 3.8) is 0 Å². The molecule has 1 aromatic rings. The van der Waals surface area contributed by atoms with E-state index in [4.69, 9.17) is 10.4 Å². The van der Waals surface area contributed by atoms with Crippen molar-refractivity contribution in [2.24, 2.45) is 0 Å². The van der Waals surface area contributed by atoms with Crippen LogP contribution in [-0.2, 0) is 0 Å². The summed E-state index contributed by atoms with van der Waals surface area (Å²) in [6.07, 6.45) is -0.355. The van der Waals surface area contributed by atoms with E-state index in [1.165, 1.54) is 0 Å². The van der Waals surface area contributed by atoms with E-state index in [9.17, 15) is 0 Å². The monoisotopic (exact) mass is 204 g/mol. The van der Waals surface area contributed by atoms with Gasteiger partial charge >= 0.3 is 0 Å². The van der Waals surface area contributed by atoms with Crippen LogP contribution in [0.15, 0.2) is 24.3 Å². The molecule has 80 valence electrons. The molecule has 0 spiro atoms. The van der Waals surface area contributed by atoms with E-state index in [-0.39, 0.29) is 12.1 Å². The zero-order valence-corrected chi connectivity index (χ0v) is 9.07. The maximum absolute atomic E-state index is 9.13. The lowest BCUT2D eigenvalue weighted by Crippen LogP contribution is -2.27. The van der Waals surface area contributed by atoms with Crippen molar-refractivity contribution in [2.45, 2.75) is 26.0 Å². The minimum atomic E-state index is -0.355. The van der Waals surface area contributed by atoms with Crippen LogP contribution in [0.4, 0.5) is 0 Å². The summed E-state index contributed by atoms with van der Waals surface area (Å²) in [4.78, 5) is 0. The maximum Gasteiger partial charge on any atom is 0.0991 e. The molecular weight excluding hydrogens is 188 g/mol. The van der Waals surface area contributed by atoms with Gasteiger partial charge in [0.2, 0.25) is 0 Å². The molecule has 0 aliphatic heterocycles. The lowest BCUT2D eigenvalue weighted by Gasteiger charge is -2.15. The highest BCUT2D eigenvalue weighted by atomic mass is 16.3. The van der Waals surface area contributed by atoms with Crippen molar-refractivity contribution in [2.75, 3.05) is 6.54 Å². The van der Waals surface area contributed by atoms with Gasteiger partial charge in [0.1, 0.15) is 0 Å². The van der Waals surface area contributed by atoms with Gasteiger partial charge in [-0.2, -0.15) is 5.26 Å². The Labute approximate surface area is 90.4 Å². The molecule has 1 unspecified atom stereocenters. The average molecular weight is 204 g/mol. The smallest absolute Gasteiger partial charge is 0.0991 e. The lowest BCUT2D eigenvalue weighted by molar-refractivity contribution is 0.187. The Balaban J connectivity index is 2.65. The molecule has 0 aromatic heterocycles. The number of aliphatic hydroxyl groups is 1. The molecule has 3 heteroatoms. The molecule has 0 amide bonds. The molecule has 15 heavy (non-hydrogen) atoms. The van der Waals surface area contributed by atoms with Crippen LogP contribution in [0.2, 0.25) is 0 Å². The van der Waals surface area contributed by atoms with Gasteiger partial charge in [0.05, 0.1) is 17.7 Å². The molecular formula is C12H16N2O. The summed E-state index contributed by atoms with van der Waals surface area (Å²) in [6, 6.07) is 9.74. The molecule has 1 rings (SSSR count). The Morgan fingerprint density at radius 2 is 2.20 bits per heavy atom. The van der Waals surface area contributed by atoms with Gasteiger partial charge in [-0.3, -0.25) is 0 Å². The van der Waals surface area contributed by atoms with Crippen LogP contribution in [0.1, 0.15) is 31.0 Å². The van der Waals surface area contributed by atoms with Gasteiger partial charge < -0.3 is 10.4 Å². The Hall–Kier alpha value is -1.37. The molecule has 3 nitrogen and oxygen atoms in total. The zero-order chi connectivity index (χ0) is 11.3. The summed E-state index contributed by atoms with van der Waals surface area (Å²) < 4.78 is 0. The van der Waals surface area contributed by atoms with Crippen LogP contribution < -0.4 is 5.32 Å². The molecule has 0 saturated heterocycles. The Morgan fingerprint density at radius 1 is 1.47 bits per heavy atom. The van der Waals surface area contributed by atoms with Crippen molar-refractivity contribution < 1.29 is 5.11 Å². The van der Waals surface area contributed by atoms with E-state index in [1.54, 1.807) is 13.0 Å². The quantitative estimate of drug-likeness (QED) is 0.783. The number of hydrogen-bond acceptors (Lipinski definition) is 3. The van der Waals surface area contributed by atoms with Crippen molar-refractivity contribution in [3.05, 3.63) is 35.4 Å². The van der Waals surface area contributed by atoms with Crippen molar-refractivity contribution in [1.82, 2.24) is 5.32 Å². The summed E-state index contributed by atoms with van der Waals surface area (Å²) in [7, 11) is 0. The standard InChI is InChI=1S/C12H16N2O/c1-9(15)8-14-10(2)12-5-3-4-11(6-12)7-13/h3-6,9-10,14-15H,8H2,1-2H3/t9-,10?/m0/s1. The SMILES string of the molecule is CC(NC[C@H](C)O)c1cccc(C#N)c1. The van der Waals surface area contributed by atoms with Crippen LogP contribution >= 0.6 is 0 Å². The van der Waals surface area contributed by atoms with Gasteiger partial charge in [-0.05, 0) is 31.5 Å². The number of aliphatic hydroxyl groups excluding tert-OH is 1. The van der Waals surface area contributed by atoms with Crippen LogP contribution in [0.3, 0.4) is 0 Å². The van der Waals surface area contributed by atoms with Crippen LogP contribution in [0.5, 0.6) is 0 Å². The Bertz CT molecular complexity index is 355. The second-order valence-corrected chi connectivity index (χ2v) is 3.72. The highest BCUT2D eigenvalue weighted by Crippen LogP contribution is 2.13. The normalized spacial score (nSPS) is 14.3. The third-order valence-electron chi connectivity index (χ3n) is 2.24. The number of benzene rings is 1. The summed E-state index contributed by atoms with van der Waals surface area (Å²) in [5.74, 6) is 0. The molecule has 0 fully saturated rings. The molecule has 2 atom stereocenters. The van der Waals surface area contributed by atoms with Gasteiger partial charge in [-0.1, -0.05) is 12.1 Å². The topological polar surface area (TPSA) is 56.0 Å². The molecule has 0 aliphatic carbocycles. The molecule has 0 saturated carbocycles. The molecule has 0 radical (unpaired) electrons. The number of nitrogens with one attached hydrogen (secondary N) is 1. The van der Waals surface area contributed by atoms with E-state index < -0.39 is 0 Å². The molecule has 0 bridgehead atoms. The highest BCUT2D eigenvalue weighted by molar-refractivity contribution is 5.33. The predicted molar refractivity (Wildman–Crippen MR) is 59.3 cm³/mol. The fourth-order valence-electron chi connectivity index (χ4n) is 1.34. The van der Waals surface area contributed by atoms with Crippen LogP contribution in [0, 0.1) is 11.3 Å². The summed E-state index contributed by atoms with van der Waals surface area (Å²) >= 11 is 0. The minimum absolute atomic E-state index is 0.146. The highest BCUT2D eigenvalue weighted by Gasteiger charge is 2.06. The van der Waals surface area contributed by atoms with Gasteiger partial charge in [-0.15, -0.1) is 0 Å². The van der Waals surface area contributed by atoms with Crippen LogP contribution in [-0.4, -0.2) is 17.8 Å². The van der Waals surface area contributed by atoms with E-state index in [2.05, 4.69) is 11.4 Å². The summed E-state index contributed by atoms with van der Waals surface area (Å²) in [5, 5.41) is 21.1. The first-order chi connectivity index (χ1) is 7.13. The number of hydrogen-bond donors (Lipinski definition) is 2. The van der Waals surface area contributed by atoms with Crippen LogP contribution in [0.25, 0.3) is 0 Å². The number of nitriles is 1. The first-order valence-electron chi connectivity index (χ1n) is 5.05. The Morgan fingerprint density at radius 3 is 2.80 bits per heavy atom. The van der Waals surface area contributed by atoms with E-state index >= 15 is 0 Å². The largest absolute Gasteiger partial charge is 0.392 e.